The molecule has 1 fully saturated rings. The first-order valence-corrected chi connectivity index (χ1v) is 12.0. The van der Waals surface area contributed by atoms with Crippen LogP contribution in [-0.2, 0) is 10.0 Å². The fourth-order valence-electron chi connectivity index (χ4n) is 2.88. The number of nitrogens with zero attached hydrogens (tertiary/aromatic N) is 2. The number of nitrogens with one attached hydrogen (secondary N) is 1. The van der Waals surface area contributed by atoms with Crippen molar-refractivity contribution in [2.24, 2.45) is 0 Å². The molecule has 2 aromatic heterocycles. The highest BCUT2D eigenvalue weighted by Gasteiger charge is 2.31. The van der Waals surface area contributed by atoms with Gasteiger partial charge in [0, 0.05) is 31.1 Å². The van der Waals surface area contributed by atoms with Crippen LogP contribution < -0.4 is 5.32 Å². The van der Waals surface area contributed by atoms with Gasteiger partial charge in [-0.2, -0.15) is 16.1 Å². The molecule has 1 unspecified atom stereocenters. The predicted molar refractivity (Wildman–Crippen MR) is 108 cm³/mol. The van der Waals surface area contributed by atoms with E-state index in [9.17, 15) is 13.2 Å². The van der Waals surface area contributed by atoms with E-state index in [0.29, 0.717) is 19.6 Å². The Morgan fingerprint density at radius 3 is 2.70 bits per heavy atom. The molecule has 148 valence electrons. The first-order chi connectivity index (χ1) is 12.9. The minimum absolute atomic E-state index is 0.0938. The molecule has 0 saturated carbocycles. The molecule has 3 rings (SSSR count). The minimum Gasteiger partial charge on any atom is -0.468 e. The van der Waals surface area contributed by atoms with E-state index in [4.69, 9.17) is 4.42 Å². The first-order valence-electron chi connectivity index (χ1n) is 8.54. The number of thioether (sulfide) groups is 1. The summed E-state index contributed by atoms with van der Waals surface area (Å²) in [6.45, 7) is 1.27. The van der Waals surface area contributed by atoms with Gasteiger partial charge >= 0.3 is 0 Å². The van der Waals surface area contributed by atoms with Crippen molar-refractivity contribution in [3.05, 3.63) is 40.5 Å². The van der Waals surface area contributed by atoms with Gasteiger partial charge in [-0.1, -0.05) is 0 Å². The SMILES string of the molecule is CN(C)C(CNC(=O)c1sccc1S(=O)(=O)N1CCSCC1)c1ccco1. The number of hydrogen-bond donors (Lipinski definition) is 1. The molecule has 1 aliphatic rings. The molecule has 7 nitrogen and oxygen atoms in total. The lowest BCUT2D eigenvalue weighted by Gasteiger charge is -2.25. The minimum atomic E-state index is -3.65. The summed E-state index contributed by atoms with van der Waals surface area (Å²) in [6, 6.07) is 5.04. The van der Waals surface area contributed by atoms with E-state index >= 15 is 0 Å². The number of carbonyl (C=O) groups is 1. The van der Waals surface area contributed by atoms with E-state index in [2.05, 4.69) is 5.32 Å². The van der Waals surface area contributed by atoms with Crippen LogP contribution in [0.25, 0.3) is 0 Å². The second kappa shape index (κ2) is 8.78. The Labute approximate surface area is 167 Å². The van der Waals surface area contributed by atoms with Gasteiger partial charge in [0.1, 0.15) is 15.5 Å². The van der Waals surface area contributed by atoms with Crippen LogP contribution in [0.2, 0.25) is 0 Å². The lowest BCUT2D eigenvalue weighted by molar-refractivity contribution is 0.0940. The highest BCUT2D eigenvalue weighted by molar-refractivity contribution is 7.99. The van der Waals surface area contributed by atoms with Crippen molar-refractivity contribution < 1.29 is 17.6 Å². The monoisotopic (exact) mass is 429 g/mol. The maximum atomic E-state index is 12.9. The average molecular weight is 430 g/mol. The molecule has 0 radical (unpaired) electrons. The van der Waals surface area contributed by atoms with Crippen LogP contribution in [0.3, 0.4) is 0 Å². The normalized spacial score (nSPS) is 17.1. The maximum absolute atomic E-state index is 12.9. The Bertz CT molecular complexity index is 856. The van der Waals surface area contributed by atoms with Crippen LogP contribution in [0.1, 0.15) is 21.5 Å². The van der Waals surface area contributed by atoms with Gasteiger partial charge in [-0.05, 0) is 37.7 Å². The maximum Gasteiger partial charge on any atom is 0.262 e. The molecule has 27 heavy (non-hydrogen) atoms. The quantitative estimate of drug-likeness (QED) is 0.726. The lowest BCUT2D eigenvalue weighted by atomic mass is 10.2. The summed E-state index contributed by atoms with van der Waals surface area (Å²) < 4.78 is 32.8. The number of amides is 1. The van der Waals surface area contributed by atoms with Crippen LogP contribution in [0.15, 0.2) is 39.2 Å². The zero-order chi connectivity index (χ0) is 19.4. The Morgan fingerprint density at radius 2 is 2.07 bits per heavy atom. The molecule has 0 aromatic carbocycles. The average Bonchev–Trinajstić information content (AvgIpc) is 3.34. The topological polar surface area (TPSA) is 82.9 Å². The summed E-state index contributed by atoms with van der Waals surface area (Å²) >= 11 is 2.88. The summed E-state index contributed by atoms with van der Waals surface area (Å²) in [5, 5.41) is 4.50. The van der Waals surface area contributed by atoms with Gasteiger partial charge in [0.05, 0.1) is 12.3 Å². The number of rotatable bonds is 7. The Morgan fingerprint density at radius 1 is 1.33 bits per heavy atom. The summed E-state index contributed by atoms with van der Waals surface area (Å²) in [5.74, 6) is 1.91. The second-order valence-electron chi connectivity index (χ2n) is 6.34. The predicted octanol–water partition coefficient (Wildman–Crippen LogP) is 2.11. The van der Waals surface area contributed by atoms with Crippen molar-refractivity contribution in [2.45, 2.75) is 10.9 Å². The molecule has 1 atom stereocenters. The standard InChI is InChI=1S/C17H23N3O4S3/c1-19(2)13(14-4-3-8-24-14)12-18-17(21)16-15(5-9-26-16)27(22,23)20-6-10-25-11-7-20/h3-5,8-9,13H,6-7,10-12H2,1-2H3,(H,18,21). The molecule has 1 aliphatic heterocycles. The number of carbonyl (C=O) groups excluding carboxylic acids is 1. The second-order valence-corrected chi connectivity index (χ2v) is 10.4. The molecule has 10 heteroatoms. The largest absolute Gasteiger partial charge is 0.468 e. The Balaban J connectivity index is 1.74. The van der Waals surface area contributed by atoms with Crippen LogP contribution >= 0.6 is 23.1 Å². The smallest absolute Gasteiger partial charge is 0.262 e. The van der Waals surface area contributed by atoms with E-state index in [-0.39, 0.29) is 21.7 Å². The van der Waals surface area contributed by atoms with Crippen molar-refractivity contribution in [3.63, 3.8) is 0 Å². The van der Waals surface area contributed by atoms with Crippen LogP contribution in [0, 0.1) is 0 Å². The third kappa shape index (κ3) is 4.57. The summed E-state index contributed by atoms with van der Waals surface area (Å²) in [5.41, 5.74) is 0. The highest BCUT2D eigenvalue weighted by atomic mass is 32.2. The molecule has 1 saturated heterocycles. The first kappa shape index (κ1) is 20.4. The fourth-order valence-corrected chi connectivity index (χ4v) is 6.77. The zero-order valence-electron chi connectivity index (χ0n) is 15.3. The summed E-state index contributed by atoms with van der Waals surface area (Å²) in [6.07, 6.45) is 1.59. The summed E-state index contributed by atoms with van der Waals surface area (Å²) in [4.78, 5) is 15.0. The Hall–Kier alpha value is -1.33. The van der Waals surface area contributed by atoms with Crippen LogP contribution in [0.4, 0.5) is 0 Å². The third-order valence-corrected chi connectivity index (χ3v) is 8.30. The number of sulfonamides is 1. The van der Waals surface area contributed by atoms with Crippen molar-refractivity contribution in [1.29, 1.82) is 0 Å². The highest BCUT2D eigenvalue weighted by Crippen LogP contribution is 2.27. The zero-order valence-corrected chi connectivity index (χ0v) is 17.7. The van der Waals surface area contributed by atoms with Gasteiger partial charge in [-0.15, -0.1) is 11.3 Å². The molecular weight excluding hydrogens is 406 g/mol. The lowest BCUT2D eigenvalue weighted by Crippen LogP contribution is -2.39. The fraction of sp³-hybridized carbons (Fsp3) is 0.471. The van der Waals surface area contributed by atoms with Crippen LogP contribution in [0.5, 0.6) is 0 Å². The van der Waals surface area contributed by atoms with Gasteiger partial charge in [-0.3, -0.25) is 9.69 Å². The summed E-state index contributed by atoms with van der Waals surface area (Å²) in [7, 11) is 0.143. The van der Waals surface area contributed by atoms with Gasteiger partial charge < -0.3 is 9.73 Å². The third-order valence-electron chi connectivity index (χ3n) is 4.37. The molecule has 0 spiro atoms. The molecule has 1 N–H and O–H groups in total. The van der Waals surface area contributed by atoms with E-state index in [1.54, 1.807) is 29.5 Å². The molecule has 0 aliphatic carbocycles. The van der Waals surface area contributed by atoms with Crippen molar-refractivity contribution in [1.82, 2.24) is 14.5 Å². The molecular formula is C17H23N3O4S3. The number of thiophene rings is 1. The van der Waals surface area contributed by atoms with E-state index in [1.807, 2.05) is 25.1 Å². The van der Waals surface area contributed by atoms with Gasteiger partial charge in [0.25, 0.3) is 5.91 Å². The van der Waals surface area contributed by atoms with Crippen molar-refractivity contribution >= 4 is 39.0 Å². The van der Waals surface area contributed by atoms with E-state index in [1.165, 1.54) is 10.4 Å². The number of hydrogen-bond acceptors (Lipinski definition) is 7. The van der Waals surface area contributed by atoms with Gasteiger partial charge in [-0.25, -0.2) is 8.42 Å². The molecule has 3 heterocycles. The Kier molecular flexibility index (Phi) is 6.64. The number of likely N-dealkylation sites (N-methyl/N-ethyl adjacent to an activating group) is 1. The van der Waals surface area contributed by atoms with Crippen LogP contribution in [-0.4, -0.2) is 68.8 Å². The van der Waals surface area contributed by atoms with E-state index in [0.717, 1.165) is 28.6 Å². The van der Waals surface area contributed by atoms with Crippen molar-refractivity contribution in [3.8, 4) is 0 Å². The molecule has 1 amide bonds. The van der Waals surface area contributed by atoms with Gasteiger partial charge in [0.2, 0.25) is 10.0 Å². The molecule has 2 aromatic rings. The molecule has 0 bridgehead atoms. The van der Waals surface area contributed by atoms with E-state index < -0.39 is 10.0 Å². The number of furan rings is 1. The van der Waals surface area contributed by atoms with Crippen molar-refractivity contribution in [2.75, 3.05) is 45.2 Å². The van der Waals surface area contributed by atoms with Gasteiger partial charge in [0.15, 0.2) is 0 Å².